The molecule has 0 saturated heterocycles. The Morgan fingerprint density at radius 2 is 2.06 bits per heavy atom. The summed E-state index contributed by atoms with van der Waals surface area (Å²) in [4.78, 5) is 9.97. The molecule has 4 nitrogen and oxygen atoms in total. The molecule has 1 heterocycles. The zero-order valence-electron chi connectivity index (χ0n) is 8.50. The molecule has 1 aromatic heterocycles. The van der Waals surface area contributed by atoms with Crippen molar-refractivity contribution in [1.82, 2.24) is 10.2 Å². The Morgan fingerprint density at radius 3 is 2.81 bits per heavy atom. The van der Waals surface area contributed by atoms with Crippen molar-refractivity contribution in [3.8, 4) is 10.6 Å². The molecular formula is C11H10N2O2S. The van der Waals surface area contributed by atoms with E-state index in [-0.39, 0.29) is 0 Å². The van der Waals surface area contributed by atoms with E-state index in [1.165, 1.54) is 11.3 Å². The second kappa shape index (κ2) is 5.37. The Balaban J connectivity index is 2.05. The number of carbonyl (C=O) groups excluding carboxylic acids is 1. The highest BCUT2D eigenvalue weighted by molar-refractivity contribution is 7.14. The molecule has 1 aromatic carbocycles. The van der Waals surface area contributed by atoms with Gasteiger partial charge in [0.2, 0.25) is 0 Å². The van der Waals surface area contributed by atoms with Crippen LogP contribution in [-0.4, -0.2) is 23.3 Å². The number of hydrogen-bond donors (Lipinski definition) is 0. The molecule has 5 heteroatoms. The topological polar surface area (TPSA) is 52.1 Å². The zero-order valence-corrected chi connectivity index (χ0v) is 9.31. The third-order valence-electron chi connectivity index (χ3n) is 1.99. The van der Waals surface area contributed by atoms with Gasteiger partial charge < -0.3 is 4.74 Å². The number of benzene rings is 1. The smallest absolute Gasteiger partial charge is 0.293 e. The van der Waals surface area contributed by atoms with E-state index in [4.69, 9.17) is 0 Å². The van der Waals surface area contributed by atoms with E-state index in [1.54, 1.807) is 0 Å². The summed E-state index contributed by atoms with van der Waals surface area (Å²) in [7, 11) is 0. The van der Waals surface area contributed by atoms with Gasteiger partial charge in [-0.25, -0.2) is 0 Å². The van der Waals surface area contributed by atoms with Crippen molar-refractivity contribution in [2.24, 2.45) is 0 Å². The van der Waals surface area contributed by atoms with Gasteiger partial charge in [0.25, 0.3) is 6.47 Å². The van der Waals surface area contributed by atoms with Crippen molar-refractivity contribution in [1.29, 1.82) is 0 Å². The maximum Gasteiger partial charge on any atom is 0.293 e. The lowest BCUT2D eigenvalue weighted by molar-refractivity contribution is -0.128. The van der Waals surface area contributed by atoms with Crippen LogP contribution in [0.3, 0.4) is 0 Å². The summed E-state index contributed by atoms with van der Waals surface area (Å²) in [6.07, 6.45) is 0.614. The fourth-order valence-electron chi connectivity index (χ4n) is 1.25. The summed E-state index contributed by atoms with van der Waals surface area (Å²) in [5, 5.41) is 9.89. The van der Waals surface area contributed by atoms with E-state index >= 15 is 0 Å². The molecular weight excluding hydrogens is 224 g/mol. The lowest BCUT2D eigenvalue weighted by Crippen LogP contribution is -1.95. The number of rotatable bonds is 5. The fraction of sp³-hybridized carbons (Fsp3) is 0.182. The van der Waals surface area contributed by atoms with Crippen LogP contribution in [0.1, 0.15) is 5.01 Å². The maximum atomic E-state index is 9.97. The van der Waals surface area contributed by atoms with Crippen molar-refractivity contribution >= 4 is 17.8 Å². The number of aromatic nitrogens is 2. The minimum Gasteiger partial charge on any atom is -0.467 e. The molecule has 0 aliphatic rings. The third kappa shape index (κ3) is 2.64. The molecule has 0 fully saturated rings. The van der Waals surface area contributed by atoms with E-state index in [1.807, 2.05) is 30.3 Å². The number of nitrogens with zero attached hydrogens (tertiary/aromatic N) is 2. The van der Waals surface area contributed by atoms with Crippen LogP contribution >= 0.6 is 11.3 Å². The molecule has 0 radical (unpaired) electrons. The van der Waals surface area contributed by atoms with E-state index in [2.05, 4.69) is 14.9 Å². The van der Waals surface area contributed by atoms with Crippen LogP contribution in [0.15, 0.2) is 30.3 Å². The number of hydrogen-bond acceptors (Lipinski definition) is 5. The molecule has 0 N–H and O–H groups in total. The third-order valence-corrected chi connectivity index (χ3v) is 3.02. The van der Waals surface area contributed by atoms with Crippen molar-refractivity contribution in [3.63, 3.8) is 0 Å². The van der Waals surface area contributed by atoms with Gasteiger partial charge in [-0.3, -0.25) is 4.79 Å². The van der Waals surface area contributed by atoms with Crippen LogP contribution in [0.25, 0.3) is 10.6 Å². The Morgan fingerprint density at radius 1 is 1.25 bits per heavy atom. The fourth-order valence-corrected chi connectivity index (χ4v) is 2.07. The second-order valence-corrected chi connectivity index (χ2v) is 4.15. The van der Waals surface area contributed by atoms with E-state index < -0.39 is 0 Å². The summed E-state index contributed by atoms with van der Waals surface area (Å²) in [5.41, 5.74) is 1.06. The SMILES string of the molecule is O=COCCc1nnc(-c2ccccc2)s1. The van der Waals surface area contributed by atoms with Crippen LogP contribution in [0, 0.1) is 0 Å². The van der Waals surface area contributed by atoms with Gasteiger partial charge in [0.1, 0.15) is 10.0 Å². The van der Waals surface area contributed by atoms with Crippen LogP contribution < -0.4 is 0 Å². The second-order valence-electron chi connectivity index (χ2n) is 3.08. The monoisotopic (exact) mass is 234 g/mol. The molecule has 0 atom stereocenters. The van der Waals surface area contributed by atoms with Gasteiger partial charge in [0.15, 0.2) is 0 Å². The molecule has 0 bridgehead atoms. The van der Waals surface area contributed by atoms with E-state index in [0.717, 1.165) is 15.6 Å². The quantitative estimate of drug-likeness (QED) is 0.586. The van der Waals surface area contributed by atoms with Crippen molar-refractivity contribution in [3.05, 3.63) is 35.3 Å². The zero-order chi connectivity index (χ0) is 11.2. The van der Waals surface area contributed by atoms with Crippen LogP contribution in [0.2, 0.25) is 0 Å². The Labute approximate surface area is 96.9 Å². The highest BCUT2D eigenvalue weighted by atomic mass is 32.1. The predicted octanol–water partition coefficient (Wildman–Crippen LogP) is 1.92. The molecule has 16 heavy (non-hydrogen) atoms. The molecule has 0 aliphatic carbocycles. The Hall–Kier alpha value is -1.75. The average Bonchev–Trinajstić information content (AvgIpc) is 2.79. The molecule has 2 rings (SSSR count). The Bertz CT molecular complexity index is 456. The molecule has 0 spiro atoms. The Kier molecular flexibility index (Phi) is 3.61. The minimum absolute atomic E-state index is 0.354. The molecule has 2 aromatic rings. The maximum absolute atomic E-state index is 9.97. The predicted molar refractivity (Wildman–Crippen MR) is 61.1 cm³/mol. The molecule has 0 unspecified atom stereocenters. The van der Waals surface area contributed by atoms with Gasteiger partial charge in [0, 0.05) is 12.0 Å². The van der Waals surface area contributed by atoms with Crippen LogP contribution in [-0.2, 0) is 16.0 Å². The number of carbonyl (C=O) groups is 1. The first kappa shape index (κ1) is 10.8. The lowest BCUT2D eigenvalue weighted by Gasteiger charge is -1.93. The van der Waals surface area contributed by atoms with Crippen LogP contribution in [0.5, 0.6) is 0 Å². The van der Waals surface area contributed by atoms with E-state index in [0.29, 0.717) is 19.5 Å². The van der Waals surface area contributed by atoms with Gasteiger partial charge in [-0.15, -0.1) is 10.2 Å². The van der Waals surface area contributed by atoms with Gasteiger partial charge >= 0.3 is 0 Å². The summed E-state index contributed by atoms with van der Waals surface area (Å²) < 4.78 is 4.61. The first-order valence-corrected chi connectivity index (χ1v) is 5.65. The summed E-state index contributed by atoms with van der Waals surface area (Å²) >= 11 is 1.52. The van der Waals surface area contributed by atoms with E-state index in [9.17, 15) is 4.79 Å². The lowest BCUT2D eigenvalue weighted by atomic mass is 10.2. The summed E-state index contributed by atoms with van der Waals surface area (Å²) in [5.74, 6) is 0. The highest BCUT2D eigenvalue weighted by Gasteiger charge is 2.05. The molecule has 82 valence electrons. The normalized spacial score (nSPS) is 10.0. The van der Waals surface area contributed by atoms with Gasteiger partial charge in [-0.1, -0.05) is 41.7 Å². The molecule has 0 saturated carbocycles. The number of ether oxygens (including phenoxy) is 1. The minimum atomic E-state index is 0.354. The largest absolute Gasteiger partial charge is 0.467 e. The van der Waals surface area contributed by atoms with Crippen molar-refractivity contribution in [2.45, 2.75) is 6.42 Å². The highest BCUT2D eigenvalue weighted by Crippen LogP contribution is 2.22. The standard InChI is InChI=1S/C11H10N2O2S/c14-8-15-7-6-10-12-13-11(16-10)9-4-2-1-3-5-9/h1-5,8H,6-7H2. The summed E-state index contributed by atoms with van der Waals surface area (Å²) in [6.45, 7) is 0.798. The van der Waals surface area contributed by atoms with Gasteiger partial charge in [0.05, 0.1) is 6.61 Å². The van der Waals surface area contributed by atoms with Crippen LogP contribution in [0.4, 0.5) is 0 Å². The van der Waals surface area contributed by atoms with Crippen molar-refractivity contribution < 1.29 is 9.53 Å². The first-order valence-electron chi connectivity index (χ1n) is 4.83. The molecule has 0 aliphatic heterocycles. The van der Waals surface area contributed by atoms with Gasteiger partial charge in [-0.05, 0) is 0 Å². The average molecular weight is 234 g/mol. The van der Waals surface area contributed by atoms with Gasteiger partial charge in [-0.2, -0.15) is 0 Å². The first-order chi connectivity index (χ1) is 7.90. The summed E-state index contributed by atoms with van der Waals surface area (Å²) in [6, 6.07) is 9.87. The van der Waals surface area contributed by atoms with Crippen molar-refractivity contribution in [2.75, 3.05) is 6.61 Å². The molecule has 0 amide bonds.